The molecule has 0 aromatic heterocycles. The molecule has 1 N–H and O–H groups in total. The molecule has 18 heavy (non-hydrogen) atoms. The molecule has 0 radical (unpaired) electrons. The van der Waals surface area contributed by atoms with Crippen LogP contribution in [-0.4, -0.2) is 27.4 Å². The topological polar surface area (TPSA) is 30.5 Å². The summed E-state index contributed by atoms with van der Waals surface area (Å²) in [4.78, 5) is 0. The summed E-state index contributed by atoms with van der Waals surface area (Å²) in [5.41, 5.74) is 2.69. The smallest absolute Gasteiger partial charge is 0.122 e. The van der Waals surface area contributed by atoms with Crippen molar-refractivity contribution in [3.05, 3.63) is 29.3 Å². The molecule has 1 aliphatic heterocycles. The molecule has 1 aromatic rings. The van der Waals surface area contributed by atoms with Crippen LogP contribution in [0.4, 0.5) is 0 Å². The Hall–Kier alpha value is -1.06. The van der Waals surface area contributed by atoms with Gasteiger partial charge < -0.3 is 14.8 Å². The highest BCUT2D eigenvalue weighted by Gasteiger charge is 2.17. The van der Waals surface area contributed by atoms with Gasteiger partial charge in [-0.1, -0.05) is 19.1 Å². The SMILES string of the molecule is CNC(CC(C)COC)c1ccc2c(c1)CCO2. The maximum absolute atomic E-state index is 5.55. The number of methoxy groups -OCH3 is 1. The van der Waals surface area contributed by atoms with Crippen LogP contribution in [-0.2, 0) is 11.2 Å². The third-order valence-corrected chi connectivity index (χ3v) is 3.55. The zero-order valence-electron chi connectivity index (χ0n) is 11.5. The molecule has 0 fully saturated rings. The van der Waals surface area contributed by atoms with Crippen molar-refractivity contribution in [3.8, 4) is 5.75 Å². The van der Waals surface area contributed by atoms with E-state index in [2.05, 4.69) is 30.4 Å². The molecule has 1 aromatic carbocycles. The van der Waals surface area contributed by atoms with Gasteiger partial charge in [0.05, 0.1) is 6.61 Å². The summed E-state index contributed by atoms with van der Waals surface area (Å²) < 4.78 is 10.8. The predicted octanol–water partition coefficient (Wildman–Crippen LogP) is 2.55. The minimum absolute atomic E-state index is 0.390. The average molecular weight is 249 g/mol. The first-order valence-electron chi connectivity index (χ1n) is 6.66. The Bertz CT molecular complexity index is 392. The number of rotatable bonds is 6. The van der Waals surface area contributed by atoms with Gasteiger partial charge in [-0.25, -0.2) is 0 Å². The normalized spacial score (nSPS) is 17.1. The summed E-state index contributed by atoms with van der Waals surface area (Å²) in [6.45, 7) is 3.86. The molecule has 0 bridgehead atoms. The number of nitrogens with one attached hydrogen (secondary N) is 1. The summed E-state index contributed by atoms with van der Waals surface area (Å²) in [6, 6.07) is 6.94. The summed E-state index contributed by atoms with van der Waals surface area (Å²) in [6.07, 6.45) is 2.12. The number of ether oxygens (including phenoxy) is 2. The van der Waals surface area contributed by atoms with Crippen LogP contribution in [0.15, 0.2) is 18.2 Å². The molecule has 0 aliphatic carbocycles. The Labute approximate surface area is 109 Å². The van der Waals surface area contributed by atoms with E-state index in [1.807, 2.05) is 7.05 Å². The zero-order chi connectivity index (χ0) is 13.0. The van der Waals surface area contributed by atoms with Gasteiger partial charge in [0, 0.05) is 26.2 Å². The van der Waals surface area contributed by atoms with E-state index in [0.29, 0.717) is 12.0 Å². The Morgan fingerprint density at radius 2 is 2.28 bits per heavy atom. The molecule has 0 spiro atoms. The minimum Gasteiger partial charge on any atom is -0.493 e. The van der Waals surface area contributed by atoms with Crippen LogP contribution in [0.25, 0.3) is 0 Å². The van der Waals surface area contributed by atoms with E-state index in [0.717, 1.165) is 31.8 Å². The predicted molar refractivity (Wildman–Crippen MR) is 73.1 cm³/mol. The van der Waals surface area contributed by atoms with Gasteiger partial charge in [0.2, 0.25) is 0 Å². The molecule has 3 heteroatoms. The molecule has 3 nitrogen and oxygen atoms in total. The maximum Gasteiger partial charge on any atom is 0.122 e. The van der Waals surface area contributed by atoms with Gasteiger partial charge in [-0.05, 0) is 36.6 Å². The Kier molecular flexibility index (Phi) is 4.61. The van der Waals surface area contributed by atoms with Crippen LogP contribution >= 0.6 is 0 Å². The highest BCUT2D eigenvalue weighted by molar-refractivity contribution is 5.40. The van der Waals surface area contributed by atoms with Gasteiger partial charge >= 0.3 is 0 Å². The van der Waals surface area contributed by atoms with E-state index in [4.69, 9.17) is 9.47 Å². The van der Waals surface area contributed by atoms with Crippen molar-refractivity contribution in [3.63, 3.8) is 0 Å². The van der Waals surface area contributed by atoms with Crippen molar-refractivity contribution < 1.29 is 9.47 Å². The molecule has 100 valence electrons. The van der Waals surface area contributed by atoms with Crippen molar-refractivity contribution in [2.75, 3.05) is 27.4 Å². The lowest BCUT2D eigenvalue weighted by Crippen LogP contribution is -2.20. The quantitative estimate of drug-likeness (QED) is 0.840. The number of fused-ring (bicyclic) bond motifs is 1. The summed E-state index contributed by atoms with van der Waals surface area (Å²) in [7, 11) is 3.78. The van der Waals surface area contributed by atoms with Crippen LogP contribution in [0.2, 0.25) is 0 Å². The van der Waals surface area contributed by atoms with E-state index in [1.54, 1.807) is 7.11 Å². The molecule has 1 aliphatic rings. The largest absolute Gasteiger partial charge is 0.493 e. The van der Waals surface area contributed by atoms with Gasteiger partial charge in [0.1, 0.15) is 5.75 Å². The van der Waals surface area contributed by atoms with Crippen LogP contribution < -0.4 is 10.1 Å². The lowest BCUT2D eigenvalue weighted by atomic mass is 9.95. The molecule has 2 atom stereocenters. The second-order valence-corrected chi connectivity index (χ2v) is 5.10. The van der Waals surface area contributed by atoms with Crippen molar-refractivity contribution >= 4 is 0 Å². The van der Waals surface area contributed by atoms with Gasteiger partial charge in [-0.2, -0.15) is 0 Å². The zero-order valence-corrected chi connectivity index (χ0v) is 11.5. The molecular formula is C15H23NO2. The van der Waals surface area contributed by atoms with Crippen molar-refractivity contribution in [2.45, 2.75) is 25.8 Å². The van der Waals surface area contributed by atoms with Gasteiger partial charge in [0.25, 0.3) is 0 Å². The van der Waals surface area contributed by atoms with Gasteiger partial charge in [0.15, 0.2) is 0 Å². The maximum atomic E-state index is 5.55. The first kappa shape index (κ1) is 13.4. The Morgan fingerprint density at radius 3 is 3.00 bits per heavy atom. The Balaban J connectivity index is 2.07. The highest BCUT2D eigenvalue weighted by atomic mass is 16.5. The fraction of sp³-hybridized carbons (Fsp3) is 0.600. The number of benzene rings is 1. The molecular weight excluding hydrogens is 226 g/mol. The first-order valence-corrected chi connectivity index (χ1v) is 6.66. The number of hydrogen-bond acceptors (Lipinski definition) is 3. The third-order valence-electron chi connectivity index (χ3n) is 3.55. The van der Waals surface area contributed by atoms with Crippen molar-refractivity contribution in [2.24, 2.45) is 5.92 Å². The van der Waals surface area contributed by atoms with Crippen molar-refractivity contribution in [1.29, 1.82) is 0 Å². The lowest BCUT2D eigenvalue weighted by Gasteiger charge is -2.21. The van der Waals surface area contributed by atoms with Gasteiger partial charge in [-0.15, -0.1) is 0 Å². The second kappa shape index (κ2) is 6.21. The summed E-state index contributed by atoms with van der Waals surface area (Å²) in [5.74, 6) is 1.61. The molecule has 0 saturated heterocycles. The Morgan fingerprint density at radius 1 is 1.44 bits per heavy atom. The molecule has 2 unspecified atom stereocenters. The van der Waals surface area contributed by atoms with Crippen LogP contribution in [0.1, 0.15) is 30.5 Å². The van der Waals surface area contributed by atoms with Crippen molar-refractivity contribution in [1.82, 2.24) is 5.32 Å². The highest BCUT2D eigenvalue weighted by Crippen LogP contribution is 2.30. The monoisotopic (exact) mass is 249 g/mol. The van der Waals surface area contributed by atoms with Gasteiger partial charge in [-0.3, -0.25) is 0 Å². The van der Waals surface area contributed by atoms with E-state index in [9.17, 15) is 0 Å². The lowest BCUT2D eigenvalue weighted by molar-refractivity contribution is 0.150. The van der Waals surface area contributed by atoms with E-state index in [-0.39, 0.29) is 0 Å². The standard InChI is InChI=1S/C15H23NO2/c1-11(10-17-3)8-14(16-2)12-4-5-15-13(9-12)6-7-18-15/h4-5,9,11,14,16H,6-8,10H2,1-3H3. The fourth-order valence-electron chi connectivity index (χ4n) is 2.60. The van der Waals surface area contributed by atoms with Crippen LogP contribution in [0.3, 0.4) is 0 Å². The van der Waals surface area contributed by atoms with Crippen LogP contribution in [0, 0.1) is 5.92 Å². The summed E-state index contributed by atoms with van der Waals surface area (Å²) >= 11 is 0. The average Bonchev–Trinajstić information content (AvgIpc) is 2.83. The minimum atomic E-state index is 0.390. The third kappa shape index (κ3) is 3.03. The molecule has 0 amide bonds. The molecule has 0 saturated carbocycles. The van der Waals surface area contributed by atoms with Crippen LogP contribution in [0.5, 0.6) is 5.75 Å². The summed E-state index contributed by atoms with van der Waals surface area (Å²) in [5, 5.41) is 3.40. The first-order chi connectivity index (χ1) is 8.74. The molecule has 1 heterocycles. The fourth-order valence-corrected chi connectivity index (χ4v) is 2.60. The van der Waals surface area contributed by atoms with E-state index >= 15 is 0 Å². The molecule has 2 rings (SSSR count). The van der Waals surface area contributed by atoms with E-state index in [1.165, 1.54) is 11.1 Å². The van der Waals surface area contributed by atoms with E-state index < -0.39 is 0 Å². The second-order valence-electron chi connectivity index (χ2n) is 5.10. The number of hydrogen-bond donors (Lipinski definition) is 1.